The lowest BCUT2D eigenvalue weighted by Crippen LogP contribution is -2.18. The Hall–Kier alpha value is -5.30. The van der Waals surface area contributed by atoms with E-state index in [9.17, 15) is 0 Å². The van der Waals surface area contributed by atoms with E-state index in [0.29, 0.717) is 24.0 Å². The third kappa shape index (κ3) is 4.85. The fourth-order valence-corrected chi connectivity index (χ4v) is 8.61. The molecule has 4 heterocycles. The highest BCUT2D eigenvalue weighted by molar-refractivity contribution is 5.95. The van der Waals surface area contributed by atoms with Crippen molar-refractivity contribution in [3.05, 3.63) is 121 Å². The molecule has 0 unspecified atom stereocenters. The van der Waals surface area contributed by atoms with Crippen molar-refractivity contribution < 1.29 is 0 Å². The summed E-state index contributed by atoms with van der Waals surface area (Å²) in [7, 11) is 0. The molecule has 2 aromatic heterocycles. The average Bonchev–Trinajstić information content (AvgIpc) is 3.64. The van der Waals surface area contributed by atoms with Gasteiger partial charge in [-0.15, -0.1) is 0 Å². The quantitative estimate of drug-likeness (QED) is 0.150. The molecular weight excluding hydrogens is 613 g/mol. The fraction of sp³-hybridized carbons (Fsp3) is 0.227. The SMILES string of the molecule is C[C@H]1CN[C@H](c2nc3ccc(-c4ccc5cc(-c6ccc7cc(-c8ccc9nc([C@@H]%10C[C@H]%11C[C@H]%11N%10)[nH]c9c8)ccc7c6)ccc5c4)cc3[nH]2)C1. The second-order valence-electron chi connectivity index (χ2n) is 15.1. The van der Waals surface area contributed by atoms with Gasteiger partial charge >= 0.3 is 0 Å². The van der Waals surface area contributed by atoms with Crippen molar-refractivity contribution in [2.24, 2.45) is 11.8 Å². The lowest BCUT2D eigenvalue weighted by Gasteiger charge is -2.09. The minimum Gasteiger partial charge on any atom is -0.341 e. The minimum atomic E-state index is 0.317. The number of aromatic amines is 2. The monoisotopic (exact) mass is 650 g/mol. The molecule has 0 radical (unpaired) electrons. The molecule has 1 saturated carbocycles. The van der Waals surface area contributed by atoms with E-state index >= 15 is 0 Å². The molecule has 3 fully saturated rings. The van der Waals surface area contributed by atoms with E-state index < -0.39 is 0 Å². The molecule has 0 spiro atoms. The van der Waals surface area contributed by atoms with Gasteiger partial charge in [0.1, 0.15) is 11.6 Å². The van der Waals surface area contributed by atoms with Crippen LogP contribution in [-0.2, 0) is 0 Å². The van der Waals surface area contributed by atoms with Gasteiger partial charge in [0.05, 0.1) is 34.2 Å². The molecule has 11 rings (SSSR count). The second kappa shape index (κ2) is 10.8. The third-order valence-corrected chi connectivity index (χ3v) is 11.6. The van der Waals surface area contributed by atoms with Crippen LogP contribution in [0.4, 0.5) is 0 Å². The van der Waals surface area contributed by atoms with Gasteiger partial charge in [-0.3, -0.25) is 0 Å². The standard InChI is InChI=1S/C44H38N6/c1-24-14-41(45-23-24)43-47-36-12-10-33(19-39(36)49-43)31-8-6-27-15-25(2-4-29(27)17-31)26-3-5-30-18-32(9-7-28(30)16-26)34-11-13-37-40(20-34)50-44(48-37)42-22-35-21-38(35)46-42/h2-13,15-20,24,35,38,41-42,45-46H,14,21-23H2,1H3,(H,47,49)(H,48,50)/t24-,35-,38-,41+,42+/m1/s1. The lowest BCUT2D eigenvalue weighted by atomic mass is 9.95. The van der Waals surface area contributed by atoms with Crippen molar-refractivity contribution in [2.45, 2.75) is 44.3 Å². The van der Waals surface area contributed by atoms with Gasteiger partial charge in [0.15, 0.2) is 0 Å². The van der Waals surface area contributed by atoms with E-state index in [4.69, 9.17) is 9.97 Å². The number of aromatic nitrogens is 4. The Morgan fingerprint density at radius 1 is 0.500 bits per heavy atom. The largest absolute Gasteiger partial charge is 0.341 e. The first kappa shape index (κ1) is 28.5. The maximum Gasteiger partial charge on any atom is 0.124 e. The molecule has 6 heteroatoms. The van der Waals surface area contributed by atoms with Gasteiger partial charge in [0.25, 0.3) is 0 Å². The predicted molar refractivity (Wildman–Crippen MR) is 204 cm³/mol. The number of nitrogens with one attached hydrogen (secondary N) is 4. The highest BCUT2D eigenvalue weighted by Crippen LogP contribution is 2.45. The van der Waals surface area contributed by atoms with Gasteiger partial charge in [-0.05, 0) is 141 Å². The first-order valence-electron chi connectivity index (χ1n) is 18.1. The van der Waals surface area contributed by atoms with Gasteiger partial charge in [-0.25, -0.2) is 9.97 Å². The smallest absolute Gasteiger partial charge is 0.124 e. The van der Waals surface area contributed by atoms with Gasteiger partial charge in [0, 0.05) is 6.04 Å². The van der Waals surface area contributed by atoms with Crippen LogP contribution >= 0.6 is 0 Å². The molecule has 50 heavy (non-hydrogen) atoms. The summed E-state index contributed by atoms with van der Waals surface area (Å²) in [4.78, 5) is 17.0. The van der Waals surface area contributed by atoms with Gasteiger partial charge in [0.2, 0.25) is 0 Å². The lowest BCUT2D eigenvalue weighted by molar-refractivity contribution is 0.544. The Labute approximate surface area is 290 Å². The minimum absolute atomic E-state index is 0.317. The van der Waals surface area contributed by atoms with E-state index in [0.717, 1.165) is 52.6 Å². The highest BCUT2D eigenvalue weighted by atomic mass is 15.1. The molecule has 6 nitrogen and oxygen atoms in total. The van der Waals surface area contributed by atoms with Crippen LogP contribution in [0.15, 0.2) is 109 Å². The van der Waals surface area contributed by atoms with E-state index in [1.165, 1.54) is 67.8 Å². The Balaban J connectivity index is 0.847. The normalized spacial score (nSPS) is 23.0. The van der Waals surface area contributed by atoms with E-state index in [1.54, 1.807) is 0 Å². The summed E-state index contributed by atoms with van der Waals surface area (Å²) in [6, 6.07) is 41.8. The van der Waals surface area contributed by atoms with Crippen molar-refractivity contribution >= 4 is 43.6 Å². The number of piperidine rings is 1. The Morgan fingerprint density at radius 2 is 0.960 bits per heavy atom. The number of hydrogen-bond acceptors (Lipinski definition) is 4. The summed E-state index contributed by atoms with van der Waals surface area (Å²) in [5, 5.41) is 12.3. The van der Waals surface area contributed by atoms with Crippen molar-refractivity contribution in [1.29, 1.82) is 0 Å². The topological polar surface area (TPSA) is 81.4 Å². The van der Waals surface area contributed by atoms with Crippen LogP contribution in [0.5, 0.6) is 0 Å². The average molecular weight is 651 g/mol. The zero-order chi connectivity index (χ0) is 32.9. The zero-order valence-corrected chi connectivity index (χ0v) is 28.0. The maximum atomic E-state index is 4.91. The summed E-state index contributed by atoms with van der Waals surface area (Å²) in [6.45, 7) is 3.35. The van der Waals surface area contributed by atoms with E-state index in [-0.39, 0.29) is 0 Å². The van der Waals surface area contributed by atoms with Crippen molar-refractivity contribution in [3.8, 4) is 33.4 Å². The van der Waals surface area contributed by atoms with Crippen molar-refractivity contribution in [2.75, 3.05) is 6.54 Å². The third-order valence-electron chi connectivity index (χ3n) is 11.6. The number of H-pyrrole nitrogens is 2. The molecule has 244 valence electrons. The van der Waals surface area contributed by atoms with E-state index in [1.807, 2.05) is 0 Å². The molecule has 2 saturated heterocycles. The van der Waals surface area contributed by atoms with E-state index in [2.05, 4.69) is 137 Å². The zero-order valence-electron chi connectivity index (χ0n) is 28.0. The molecular formula is C44H38N6. The molecule has 4 N–H and O–H groups in total. The van der Waals surface area contributed by atoms with Crippen LogP contribution in [-0.4, -0.2) is 32.5 Å². The number of benzene rings is 6. The van der Waals surface area contributed by atoms with Crippen molar-refractivity contribution in [1.82, 2.24) is 30.6 Å². The summed E-state index contributed by atoms with van der Waals surface area (Å²) in [5.74, 6) is 3.67. The number of imidazole rings is 2. The molecule has 5 atom stereocenters. The molecule has 0 bridgehead atoms. The van der Waals surface area contributed by atoms with Crippen LogP contribution in [0, 0.1) is 11.8 Å². The molecule has 0 amide bonds. The molecule has 6 aromatic carbocycles. The van der Waals surface area contributed by atoms with Crippen LogP contribution < -0.4 is 10.6 Å². The number of nitrogens with zero attached hydrogens (tertiary/aromatic N) is 2. The summed E-state index contributed by atoms with van der Waals surface area (Å²) >= 11 is 0. The van der Waals surface area contributed by atoms with Crippen LogP contribution in [0.3, 0.4) is 0 Å². The fourth-order valence-electron chi connectivity index (χ4n) is 8.61. The first-order valence-corrected chi connectivity index (χ1v) is 18.1. The number of rotatable bonds is 5. The predicted octanol–water partition coefficient (Wildman–Crippen LogP) is 9.84. The van der Waals surface area contributed by atoms with Crippen LogP contribution in [0.25, 0.3) is 77.0 Å². The highest BCUT2D eigenvalue weighted by Gasteiger charge is 2.46. The Bertz CT molecular complexity index is 2450. The van der Waals surface area contributed by atoms with Gasteiger partial charge in [-0.2, -0.15) is 0 Å². The van der Waals surface area contributed by atoms with Crippen molar-refractivity contribution in [3.63, 3.8) is 0 Å². The summed E-state index contributed by atoms with van der Waals surface area (Å²) in [6.07, 6.45) is 3.66. The van der Waals surface area contributed by atoms with Gasteiger partial charge in [-0.1, -0.05) is 67.6 Å². The molecule has 8 aromatic rings. The number of fused-ring (bicyclic) bond motifs is 5. The number of hydrogen-bond donors (Lipinski definition) is 4. The second-order valence-corrected chi connectivity index (χ2v) is 15.1. The maximum absolute atomic E-state index is 4.91. The van der Waals surface area contributed by atoms with Crippen LogP contribution in [0.2, 0.25) is 0 Å². The van der Waals surface area contributed by atoms with Gasteiger partial charge < -0.3 is 20.6 Å². The summed E-state index contributed by atoms with van der Waals surface area (Å²) in [5.41, 5.74) is 11.6. The molecule has 3 aliphatic rings. The first-order chi connectivity index (χ1) is 24.6. The molecule has 2 aliphatic heterocycles. The Kier molecular flexibility index (Phi) is 6.19. The Morgan fingerprint density at radius 3 is 1.40 bits per heavy atom. The van der Waals surface area contributed by atoms with Crippen LogP contribution in [0.1, 0.15) is 49.9 Å². The molecule has 1 aliphatic carbocycles. The summed E-state index contributed by atoms with van der Waals surface area (Å²) < 4.78 is 0.